The molecular weight excluding hydrogens is 316 g/mol. The first-order valence-corrected chi connectivity index (χ1v) is 8.58. The van der Waals surface area contributed by atoms with Crippen LogP contribution in [0.2, 0.25) is 0 Å². The second kappa shape index (κ2) is 7.71. The number of likely N-dealkylation sites (N-methyl/N-ethyl adjacent to an activating group) is 1. The van der Waals surface area contributed by atoms with Crippen LogP contribution in [0.5, 0.6) is 0 Å². The minimum Gasteiger partial charge on any atom is -0.341 e. The van der Waals surface area contributed by atoms with Gasteiger partial charge in [-0.25, -0.2) is 4.79 Å². The summed E-state index contributed by atoms with van der Waals surface area (Å²) < 4.78 is 0. The molecule has 3 rings (SSSR count). The van der Waals surface area contributed by atoms with Gasteiger partial charge in [-0.2, -0.15) is 0 Å². The Kier molecular flexibility index (Phi) is 6.14. The van der Waals surface area contributed by atoms with E-state index >= 15 is 0 Å². The molecule has 0 aliphatic carbocycles. The van der Waals surface area contributed by atoms with E-state index in [-0.39, 0.29) is 30.9 Å². The van der Waals surface area contributed by atoms with Crippen molar-refractivity contribution in [3.8, 4) is 0 Å². The summed E-state index contributed by atoms with van der Waals surface area (Å²) in [4.78, 5) is 29.8. The number of hydrogen-bond acceptors (Lipinski definition) is 3. The van der Waals surface area contributed by atoms with Crippen LogP contribution >= 0.6 is 12.4 Å². The van der Waals surface area contributed by atoms with Crippen LogP contribution in [0.25, 0.3) is 0 Å². The summed E-state index contributed by atoms with van der Waals surface area (Å²) in [5.41, 5.74) is 0.448. The van der Waals surface area contributed by atoms with Gasteiger partial charge in [-0.15, -0.1) is 12.4 Å². The highest BCUT2D eigenvalue weighted by Crippen LogP contribution is 2.39. The van der Waals surface area contributed by atoms with Gasteiger partial charge < -0.3 is 20.0 Å². The normalized spacial score (nSPS) is 24.6. The number of carbonyl (C=O) groups is 2. The summed E-state index contributed by atoms with van der Waals surface area (Å²) in [7, 11) is 1.79. The summed E-state index contributed by atoms with van der Waals surface area (Å²) in [5, 5.41) is 3.44. The number of likely N-dealkylation sites (tertiary alicyclic amines) is 1. The van der Waals surface area contributed by atoms with Crippen LogP contribution < -0.4 is 5.32 Å². The predicted octanol–water partition coefficient (Wildman–Crippen LogP) is 1.16. The number of halogens is 1. The van der Waals surface area contributed by atoms with Crippen LogP contribution in [-0.2, 0) is 4.79 Å². The summed E-state index contributed by atoms with van der Waals surface area (Å²) in [5.74, 6) is 0.120. The lowest BCUT2D eigenvalue weighted by atomic mass is 9.73. The van der Waals surface area contributed by atoms with Gasteiger partial charge in [-0.3, -0.25) is 4.79 Å². The van der Waals surface area contributed by atoms with E-state index in [0.29, 0.717) is 12.0 Å². The summed E-state index contributed by atoms with van der Waals surface area (Å²) in [6.07, 6.45) is 5.94. The molecule has 0 atom stereocenters. The van der Waals surface area contributed by atoms with E-state index in [4.69, 9.17) is 0 Å². The van der Waals surface area contributed by atoms with Gasteiger partial charge in [0.2, 0.25) is 5.91 Å². The quantitative estimate of drug-likeness (QED) is 0.817. The minimum absolute atomic E-state index is 0. The van der Waals surface area contributed by atoms with E-state index in [1.807, 2.05) is 4.90 Å². The highest BCUT2D eigenvalue weighted by atomic mass is 35.5. The first kappa shape index (κ1) is 18.3. The maximum atomic E-state index is 12.5. The van der Waals surface area contributed by atoms with Crippen LogP contribution in [0.3, 0.4) is 0 Å². The first-order chi connectivity index (χ1) is 10.6. The molecule has 23 heavy (non-hydrogen) atoms. The van der Waals surface area contributed by atoms with Gasteiger partial charge in [-0.1, -0.05) is 0 Å². The molecule has 1 spiro atoms. The number of nitrogens with zero attached hydrogens (tertiary/aromatic N) is 3. The number of hydrogen-bond donors (Lipinski definition) is 1. The SMILES string of the molecule is CN1CCN(CC(=O)N2CCCC3(CCNCC3)CC2)C1=O.Cl. The van der Waals surface area contributed by atoms with Crippen LogP contribution in [-0.4, -0.2) is 79.5 Å². The molecule has 0 aromatic rings. The molecule has 3 heterocycles. The molecule has 0 saturated carbocycles. The number of nitrogens with one attached hydrogen (secondary N) is 1. The van der Waals surface area contributed by atoms with Gasteiger partial charge >= 0.3 is 6.03 Å². The fourth-order valence-electron chi connectivity index (χ4n) is 4.07. The van der Waals surface area contributed by atoms with E-state index in [1.165, 1.54) is 19.3 Å². The molecule has 0 bridgehead atoms. The monoisotopic (exact) mass is 344 g/mol. The Morgan fingerprint density at radius 2 is 1.83 bits per heavy atom. The van der Waals surface area contributed by atoms with Crippen molar-refractivity contribution < 1.29 is 9.59 Å². The fraction of sp³-hybridized carbons (Fsp3) is 0.875. The van der Waals surface area contributed by atoms with Crippen molar-refractivity contribution in [3.63, 3.8) is 0 Å². The summed E-state index contributed by atoms with van der Waals surface area (Å²) >= 11 is 0. The Labute approximate surface area is 145 Å². The van der Waals surface area contributed by atoms with Crippen molar-refractivity contribution >= 4 is 24.3 Å². The molecule has 0 unspecified atom stereocenters. The van der Waals surface area contributed by atoms with Crippen molar-refractivity contribution in [1.82, 2.24) is 20.0 Å². The Bertz CT molecular complexity index is 440. The lowest BCUT2D eigenvalue weighted by Crippen LogP contribution is -2.43. The molecule has 132 valence electrons. The number of piperidine rings is 1. The standard InChI is InChI=1S/C16H28N4O2.ClH/c1-18-11-12-20(15(18)22)13-14(21)19-9-2-3-16(6-10-19)4-7-17-8-5-16;/h17H,2-13H2,1H3;1H. The second-order valence-electron chi connectivity index (χ2n) is 7.11. The van der Waals surface area contributed by atoms with Crippen LogP contribution in [0.4, 0.5) is 4.79 Å². The van der Waals surface area contributed by atoms with Crippen LogP contribution in [0.15, 0.2) is 0 Å². The third-order valence-corrected chi connectivity index (χ3v) is 5.69. The van der Waals surface area contributed by atoms with Crippen molar-refractivity contribution in [2.45, 2.75) is 32.1 Å². The molecule has 3 aliphatic heterocycles. The van der Waals surface area contributed by atoms with Crippen molar-refractivity contribution in [2.75, 3.05) is 52.9 Å². The minimum atomic E-state index is -0.0157. The van der Waals surface area contributed by atoms with Gasteiger partial charge in [0, 0.05) is 33.2 Å². The van der Waals surface area contributed by atoms with Gasteiger partial charge in [0.05, 0.1) is 0 Å². The average molecular weight is 345 g/mol. The maximum Gasteiger partial charge on any atom is 0.320 e. The lowest BCUT2D eigenvalue weighted by Gasteiger charge is -2.37. The Morgan fingerprint density at radius 1 is 1.09 bits per heavy atom. The Balaban J connectivity index is 0.00000192. The van der Waals surface area contributed by atoms with Crippen molar-refractivity contribution in [3.05, 3.63) is 0 Å². The lowest BCUT2D eigenvalue weighted by molar-refractivity contribution is -0.131. The number of carbonyl (C=O) groups excluding carboxylic acids is 2. The van der Waals surface area contributed by atoms with E-state index in [1.54, 1.807) is 16.8 Å². The number of amides is 3. The fourth-order valence-corrected chi connectivity index (χ4v) is 4.07. The smallest absolute Gasteiger partial charge is 0.320 e. The maximum absolute atomic E-state index is 12.5. The Hall–Kier alpha value is -1.01. The third-order valence-electron chi connectivity index (χ3n) is 5.69. The highest BCUT2D eigenvalue weighted by molar-refractivity contribution is 5.85. The van der Waals surface area contributed by atoms with Gasteiger partial charge in [0.15, 0.2) is 0 Å². The van der Waals surface area contributed by atoms with Crippen molar-refractivity contribution in [1.29, 1.82) is 0 Å². The highest BCUT2D eigenvalue weighted by Gasteiger charge is 2.35. The van der Waals surface area contributed by atoms with Gasteiger partial charge in [0.1, 0.15) is 6.54 Å². The second-order valence-corrected chi connectivity index (χ2v) is 7.11. The van der Waals surface area contributed by atoms with E-state index in [2.05, 4.69) is 5.32 Å². The van der Waals surface area contributed by atoms with E-state index in [9.17, 15) is 9.59 Å². The van der Waals surface area contributed by atoms with Crippen LogP contribution in [0.1, 0.15) is 32.1 Å². The molecule has 3 aliphatic rings. The zero-order valence-electron chi connectivity index (χ0n) is 14.1. The Morgan fingerprint density at radius 3 is 2.48 bits per heavy atom. The van der Waals surface area contributed by atoms with Crippen LogP contribution in [0, 0.1) is 5.41 Å². The van der Waals surface area contributed by atoms with Gasteiger partial charge in [0.25, 0.3) is 0 Å². The first-order valence-electron chi connectivity index (χ1n) is 8.58. The topological polar surface area (TPSA) is 55.9 Å². The molecule has 0 aromatic carbocycles. The predicted molar refractivity (Wildman–Crippen MR) is 91.8 cm³/mol. The molecule has 0 radical (unpaired) electrons. The number of rotatable bonds is 2. The van der Waals surface area contributed by atoms with E-state index in [0.717, 1.165) is 45.6 Å². The molecule has 1 N–H and O–H groups in total. The molecule has 7 heteroatoms. The average Bonchev–Trinajstić information content (AvgIpc) is 2.73. The zero-order chi connectivity index (χ0) is 15.6. The van der Waals surface area contributed by atoms with E-state index < -0.39 is 0 Å². The van der Waals surface area contributed by atoms with Gasteiger partial charge in [-0.05, 0) is 50.6 Å². The molecule has 3 fully saturated rings. The number of urea groups is 1. The molecule has 0 aromatic heterocycles. The zero-order valence-corrected chi connectivity index (χ0v) is 14.9. The van der Waals surface area contributed by atoms with Crippen molar-refractivity contribution in [2.24, 2.45) is 5.41 Å². The molecule has 3 amide bonds. The molecule has 3 saturated heterocycles. The molecule has 6 nitrogen and oxygen atoms in total. The third kappa shape index (κ3) is 4.10. The largest absolute Gasteiger partial charge is 0.341 e. The summed E-state index contributed by atoms with van der Waals surface area (Å²) in [6.45, 7) is 5.58. The summed E-state index contributed by atoms with van der Waals surface area (Å²) in [6, 6.07) is -0.0157. The molecular formula is C16H29ClN4O2.